The van der Waals surface area contributed by atoms with Crippen LogP contribution in [0.4, 0.5) is 0 Å². The third kappa shape index (κ3) is 11.7. The first-order valence-electron chi connectivity index (χ1n) is 7.22. The van der Waals surface area contributed by atoms with E-state index in [9.17, 15) is 4.79 Å². The van der Waals surface area contributed by atoms with Crippen LogP contribution in [0.1, 0.15) is 71.6 Å². The summed E-state index contributed by atoms with van der Waals surface area (Å²) in [7, 11) is 0. The quantitative estimate of drug-likeness (QED) is 0.517. The van der Waals surface area contributed by atoms with Crippen molar-refractivity contribution in [2.75, 3.05) is 6.54 Å². The van der Waals surface area contributed by atoms with Crippen LogP contribution in [0.15, 0.2) is 0 Å². The number of nitrogens with two attached hydrogens (primary N) is 1. The van der Waals surface area contributed by atoms with Crippen molar-refractivity contribution in [1.82, 2.24) is 5.32 Å². The highest BCUT2D eigenvalue weighted by Gasteiger charge is 2.07. The number of hydrogen-bond acceptors (Lipinski definition) is 2. The standard InChI is InChI=1S/C14H30N2O/c1-3-5-7-9-13(10-8-6-4-2)16-12-11-14(15)17/h13,16H,3-12H2,1-2H3,(H2,15,17). The summed E-state index contributed by atoms with van der Waals surface area (Å²) in [4.78, 5) is 10.7. The fourth-order valence-electron chi connectivity index (χ4n) is 2.03. The van der Waals surface area contributed by atoms with E-state index in [0.717, 1.165) is 6.54 Å². The first kappa shape index (κ1) is 16.4. The van der Waals surface area contributed by atoms with Gasteiger partial charge in [-0.15, -0.1) is 0 Å². The molecule has 102 valence electrons. The number of carbonyl (C=O) groups excluding carboxylic acids is 1. The van der Waals surface area contributed by atoms with Gasteiger partial charge in [0.15, 0.2) is 0 Å². The van der Waals surface area contributed by atoms with Crippen LogP contribution in [0.25, 0.3) is 0 Å². The lowest BCUT2D eigenvalue weighted by molar-refractivity contribution is -0.117. The van der Waals surface area contributed by atoms with Crippen LogP contribution in [0.5, 0.6) is 0 Å². The van der Waals surface area contributed by atoms with Crippen LogP contribution < -0.4 is 11.1 Å². The molecule has 0 aromatic heterocycles. The van der Waals surface area contributed by atoms with E-state index in [-0.39, 0.29) is 5.91 Å². The first-order chi connectivity index (χ1) is 8.20. The van der Waals surface area contributed by atoms with Crippen LogP contribution in [0, 0.1) is 0 Å². The lowest BCUT2D eigenvalue weighted by Gasteiger charge is -2.18. The number of carbonyl (C=O) groups is 1. The molecule has 0 heterocycles. The van der Waals surface area contributed by atoms with E-state index in [1.54, 1.807) is 0 Å². The number of rotatable bonds is 12. The van der Waals surface area contributed by atoms with Crippen LogP contribution in [-0.4, -0.2) is 18.5 Å². The number of hydrogen-bond donors (Lipinski definition) is 2. The van der Waals surface area contributed by atoms with Gasteiger partial charge in [0, 0.05) is 19.0 Å². The second-order valence-corrected chi connectivity index (χ2v) is 4.86. The fraction of sp³-hybridized carbons (Fsp3) is 0.929. The highest BCUT2D eigenvalue weighted by Crippen LogP contribution is 2.10. The summed E-state index contributed by atoms with van der Waals surface area (Å²) in [6, 6.07) is 0.576. The number of nitrogens with one attached hydrogen (secondary N) is 1. The van der Waals surface area contributed by atoms with Gasteiger partial charge in [-0.05, 0) is 12.8 Å². The number of unbranched alkanes of at least 4 members (excludes halogenated alkanes) is 4. The zero-order valence-corrected chi connectivity index (χ0v) is 11.6. The normalized spacial score (nSPS) is 11.0. The molecule has 3 heteroatoms. The van der Waals surface area contributed by atoms with Crippen molar-refractivity contribution < 1.29 is 4.79 Å². The Balaban J connectivity index is 3.71. The van der Waals surface area contributed by atoms with E-state index in [4.69, 9.17) is 5.73 Å². The average Bonchev–Trinajstić information content (AvgIpc) is 2.28. The molecule has 0 radical (unpaired) electrons. The molecule has 0 aromatic rings. The van der Waals surface area contributed by atoms with Crippen molar-refractivity contribution in [3.05, 3.63) is 0 Å². The largest absolute Gasteiger partial charge is 0.370 e. The highest BCUT2D eigenvalue weighted by atomic mass is 16.1. The molecular formula is C14H30N2O. The number of primary amides is 1. The van der Waals surface area contributed by atoms with Gasteiger partial charge in [0.25, 0.3) is 0 Å². The van der Waals surface area contributed by atoms with Crippen LogP contribution in [0.2, 0.25) is 0 Å². The Bertz CT molecular complexity index is 173. The Morgan fingerprint density at radius 2 is 1.59 bits per heavy atom. The summed E-state index contributed by atoms with van der Waals surface area (Å²) in [6.07, 6.45) is 10.6. The van der Waals surface area contributed by atoms with Gasteiger partial charge >= 0.3 is 0 Å². The van der Waals surface area contributed by atoms with E-state index in [1.807, 2.05) is 0 Å². The topological polar surface area (TPSA) is 55.1 Å². The molecule has 0 saturated carbocycles. The molecular weight excluding hydrogens is 212 g/mol. The van der Waals surface area contributed by atoms with Gasteiger partial charge in [-0.2, -0.15) is 0 Å². The summed E-state index contributed by atoms with van der Waals surface area (Å²) in [6.45, 7) is 5.19. The van der Waals surface area contributed by atoms with Gasteiger partial charge in [0.1, 0.15) is 0 Å². The Hall–Kier alpha value is -0.570. The minimum atomic E-state index is -0.210. The molecule has 0 saturated heterocycles. The van der Waals surface area contributed by atoms with Crippen molar-refractivity contribution in [3.8, 4) is 0 Å². The zero-order chi connectivity index (χ0) is 12.9. The van der Waals surface area contributed by atoms with E-state index < -0.39 is 0 Å². The lowest BCUT2D eigenvalue weighted by Crippen LogP contribution is -2.32. The first-order valence-corrected chi connectivity index (χ1v) is 7.22. The van der Waals surface area contributed by atoms with Crippen molar-refractivity contribution in [3.63, 3.8) is 0 Å². The van der Waals surface area contributed by atoms with Crippen LogP contribution in [-0.2, 0) is 4.79 Å². The molecule has 0 atom stereocenters. The Morgan fingerprint density at radius 3 is 2.00 bits per heavy atom. The van der Waals surface area contributed by atoms with Crippen LogP contribution in [0.3, 0.4) is 0 Å². The highest BCUT2D eigenvalue weighted by molar-refractivity contribution is 5.73. The molecule has 0 fully saturated rings. The van der Waals surface area contributed by atoms with Gasteiger partial charge in [0.05, 0.1) is 0 Å². The third-order valence-corrected chi connectivity index (χ3v) is 3.12. The van der Waals surface area contributed by atoms with Gasteiger partial charge in [-0.1, -0.05) is 52.4 Å². The molecule has 1 amide bonds. The minimum absolute atomic E-state index is 0.210. The van der Waals surface area contributed by atoms with Gasteiger partial charge in [-0.3, -0.25) is 4.79 Å². The fourth-order valence-corrected chi connectivity index (χ4v) is 2.03. The predicted molar refractivity (Wildman–Crippen MR) is 73.9 cm³/mol. The van der Waals surface area contributed by atoms with Crippen molar-refractivity contribution in [1.29, 1.82) is 0 Å². The summed E-state index contributed by atoms with van der Waals surface area (Å²) in [5.74, 6) is -0.210. The molecule has 0 spiro atoms. The molecule has 17 heavy (non-hydrogen) atoms. The van der Waals surface area contributed by atoms with Crippen molar-refractivity contribution >= 4 is 5.91 Å². The van der Waals surface area contributed by atoms with Crippen LogP contribution >= 0.6 is 0 Å². The zero-order valence-electron chi connectivity index (χ0n) is 11.6. The maximum absolute atomic E-state index is 10.7. The second kappa shape index (κ2) is 11.9. The molecule has 3 N–H and O–H groups in total. The molecule has 0 unspecified atom stereocenters. The summed E-state index contributed by atoms with van der Waals surface area (Å²) < 4.78 is 0. The molecule has 0 bridgehead atoms. The second-order valence-electron chi connectivity index (χ2n) is 4.86. The van der Waals surface area contributed by atoms with E-state index in [1.165, 1.54) is 51.4 Å². The third-order valence-electron chi connectivity index (χ3n) is 3.12. The molecule has 0 aliphatic rings. The molecule has 0 aliphatic heterocycles. The smallest absolute Gasteiger partial charge is 0.218 e. The average molecular weight is 242 g/mol. The van der Waals surface area contributed by atoms with Gasteiger partial charge in [0.2, 0.25) is 5.91 Å². The predicted octanol–water partition coefficient (Wildman–Crippen LogP) is 2.98. The molecule has 0 aliphatic carbocycles. The van der Waals surface area contributed by atoms with Gasteiger partial charge in [-0.25, -0.2) is 0 Å². The lowest BCUT2D eigenvalue weighted by atomic mass is 10.0. The van der Waals surface area contributed by atoms with Crippen molar-refractivity contribution in [2.45, 2.75) is 77.7 Å². The summed E-state index contributed by atoms with van der Waals surface area (Å²) in [5.41, 5.74) is 5.14. The maximum Gasteiger partial charge on any atom is 0.218 e. The molecule has 0 aromatic carbocycles. The van der Waals surface area contributed by atoms with E-state index in [0.29, 0.717) is 12.5 Å². The SMILES string of the molecule is CCCCCC(CCCCC)NCCC(N)=O. The minimum Gasteiger partial charge on any atom is -0.370 e. The Labute approximate surface area is 107 Å². The van der Waals surface area contributed by atoms with Crippen molar-refractivity contribution in [2.24, 2.45) is 5.73 Å². The maximum atomic E-state index is 10.7. The molecule has 0 rings (SSSR count). The molecule has 3 nitrogen and oxygen atoms in total. The Morgan fingerprint density at radius 1 is 1.06 bits per heavy atom. The summed E-state index contributed by atoms with van der Waals surface area (Å²) in [5, 5.41) is 3.47. The summed E-state index contributed by atoms with van der Waals surface area (Å²) >= 11 is 0. The van der Waals surface area contributed by atoms with Gasteiger partial charge < -0.3 is 11.1 Å². The van der Waals surface area contributed by atoms with E-state index >= 15 is 0 Å². The monoisotopic (exact) mass is 242 g/mol. The number of amides is 1. The van der Waals surface area contributed by atoms with E-state index in [2.05, 4.69) is 19.2 Å². The Kier molecular flexibility index (Phi) is 11.5.